The zero-order chi connectivity index (χ0) is 19.9. The number of nitrogens with one attached hydrogen (secondary N) is 2. The Bertz CT molecular complexity index is 779. The smallest absolute Gasteiger partial charge is 0.222 e. The van der Waals surface area contributed by atoms with Gasteiger partial charge in [-0.25, -0.2) is 14.4 Å². The van der Waals surface area contributed by atoms with E-state index in [0.29, 0.717) is 31.3 Å². The largest absolute Gasteiger partial charge is 0.372 e. The molecule has 8 heteroatoms. The van der Waals surface area contributed by atoms with E-state index in [1.165, 1.54) is 6.07 Å². The highest BCUT2D eigenvalue weighted by Crippen LogP contribution is 2.24. The van der Waals surface area contributed by atoms with Gasteiger partial charge >= 0.3 is 0 Å². The van der Waals surface area contributed by atoms with Crippen molar-refractivity contribution >= 4 is 17.5 Å². The van der Waals surface area contributed by atoms with E-state index in [2.05, 4.69) is 20.6 Å². The topological polar surface area (TPSA) is 79.4 Å². The predicted octanol–water partition coefficient (Wildman–Crippen LogP) is 2.35. The van der Waals surface area contributed by atoms with Crippen LogP contribution in [0.4, 0.5) is 16.0 Å². The summed E-state index contributed by atoms with van der Waals surface area (Å²) in [5.74, 6) is 0.0828. The van der Waals surface area contributed by atoms with Crippen molar-refractivity contribution < 1.29 is 13.9 Å². The summed E-state index contributed by atoms with van der Waals surface area (Å²) >= 11 is 0. The molecule has 0 bridgehead atoms. The Kier molecular flexibility index (Phi) is 6.76. The molecule has 150 valence electrons. The molecule has 0 spiro atoms. The van der Waals surface area contributed by atoms with Crippen molar-refractivity contribution in [1.29, 1.82) is 0 Å². The number of benzene rings is 1. The lowest BCUT2D eigenvalue weighted by atomic mass is 10.1. The normalized spacial score (nSPS) is 19.3. The van der Waals surface area contributed by atoms with Gasteiger partial charge < -0.3 is 20.3 Å². The van der Waals surface area contributed by atoms with Crippen molar-refractivity contribution in [2.75, 3.05) is 29.9 Å². The number of carbonyl (C=O) groups excluding carboxylic acids is 1. The molecule has 1 aromatic heterocycles. The maximum atomic E-state index is 14.6. The highest BCUT2D eigenvalue weighted by atomic mass is 19.1. The molecule has 1 aliphatic rings. The summed E-state index contributed by atoms with van der Waals surface area (Å²) in [6, 6.07) is 6.83. The van der Waals surface area contributed by atoms with Crippen LogP contribution in [0.15, 0.2) is 36.7 Å². The fraction of sp³-hybridized carbons (Fsp3) is 0.450. The number of halogens is 1. The molecule has 2 N–H and O–H groups in total. The first kappa shape index (κ1) is 20.0. The Labute approximate surface area is 164 Å². The molecule has 0 aliphatic carbocycles. The van der Waals surface area contributed by atoms with Crippen LogP contribution in [0.25, 0.3) is 0 Å². The standard InChI is InChI=1S/C20H26FN5O2/c1-14-12-26(13-15(2)28-14)18-5-4-16(10-17(18)21)11-25-19(27)6-9-24-20-22-7-3-8-23-20/h3-5,7-8,10,14-15H,6,9,11-13H2,1-2H3,(H,25,27)(H,22,23,24). The Morgan fingerprint density at radius 3 is 2.64 bits per heavy atom. The maximum Gasteiger partial charge on any atom is 0.222 e. The third-order valence-corrected chi connectivity index (χ3v) is 4.46. The van der Waals surface area contributed by atoms with Crippen LogP contribution in [0.5, 0.6) is 0 Å². The molecule has 1 saturated heterocycles. The van der Waals surface area contributed by atoms with Gasteiger partial charge in [-0.1, -0.05) is 6.07 Å². The minimum absolute atomic E-state index is 0.0667. The van der Waals surface area contributed by atoms with E-state index in [-0.39, 0.29) is 36.9 Å². The minimum Gasteiger partial charge on any atom is -0.372 e. The summed E-state index contributed by atoms with van der Waals surface area (Å²) < 4.78 is 20.3. The van der Waals surface area contributed by atoms with Crippen LogP contribution in [0.3, 0.4) is 0 Å². The molecule has 2 unspecified atom stereocenters. The Morgan fingerprint density at radius 1 is 1.25 bits per heavy atom. The second kappa shape index (κ2) is 9.45. The Balaban J connectivity index is 1.47. The highest BCUT2D eigenvalue weighted by molar-refractivity contribution is 5.76. The van der Waals surface area contributed by atoms with Gasteiger partial charge in [-0.05, 0) is 37.6 Å². The molecule has 1 aromatic carbocycles. The summed E-state index contributed by atoms with van der Waals surface area (Å²) in [6.07, 6.45) is 3.68. The summed E-state index contributed by atoms with van der Waals surface area (Å²) in [5.41, 5.74) is 1.30. The number of aromatic nitrogens is 2. The maximum absolute atomic E-state index is 14.6. The summed E-state index contributed by atoms with van der Waals surface area (Å²) in [6.45, 7) is 6.02. The average Bonchev–Trinajstić information content (AvgIpc) is 2.66. The number of hydrogen-bond donors (Lipinski definition) is 2. The number of carbonyl (C=O) groups is 1. The van der Waals surface area contributed by atoms with Crippen molar-refractivity contribution in [1.82, 2.24) is 15.3 Å². The quantitative estimate of drug-likeness (QED) is 0.759. The Hall–Kier alpha value is -2.74. The highest BCUT2D eigenvalue weighted by Gasteiger charge is 2.24. The van der Waals surface area contributed by atoms with Gasteiger partial charge in [0.15, 0.2) is 0 Å². The molecule has 2 atom stereocenters. The molecular formula is C20H26FN5O2. The second-order valence-electron chi connectivity index (χ2n) is 6.97. The molecule has 1 amide bonds. The number of anilines is 2. The van der Waals surface area contributed by atoms with Gasteiger partial charge in [0.25, 0.3) is 0 Å². The third kappa shape index (κ3) is 5.63. The zero-order valence-corrected chi connectivity index (χ0v) is 16.2. The van der Waals surface area contributed by atoms with Gasteiger partial charge in [0.2, 0.25) is 11.9 Å². The number of nitrogens with zero attached hydrogens (tertiary/aromatic N) is 3. The van der Waals surface area contributed by atoms with Crippen molar-refractivity contribution in [3.05, 3.63) is 48.0 Å². The summed E-state index contributed by atoms with van der Waals surface area (Å²) in [7, 11) is 0. The molecule has 28 heavy (non-hydrogen) atoms. The van der Waals surface area contributed by atoms with Crippen LogP contribution < -0.4 is 15.5 Å². The van der Waals surface area contributed by atoms with E-state index in [9.17, 15) is 9.18 Å². The average molecular weight is 387 g/mol. The fourth-order valence-electron chi connectivity index (χ4n) is 3.26. The SMILES string of the molecule is CC1CN(c2ccc(CNC(=O)CCNc3ncccn3)cc2F)CC(C)O1. The predicted molar refractivity (Wildman–Crippen MR) is 106 cm³/mol. The van der Waals surface area contributed by atoms with Gasteiger partial charge in [0.05, 0.1) is 17.9 Å². The first-order valence-corrected chi connectivity index (χ1v) is 9.47. The number of rotatable bonds is 7. The number of ether oxygens (including phenoxy) is 1. The molecule has 3 rings (SSSR count). The third-order valence-electron chi connectivity index (χ3n) is 4.46. The first-order valence-electron chi connectivity index (χ1n) is 9.47. The molecule has 1 aliphatic heterocycles. The zero-order valence-electron chi connectivity index (χ0n) is 16.2. The van der Waals surface area contributed by atoms with Crippen LogP contribution in [0.1, 0.15) is 25.8 Å². The first-order chi connectivity index (χ1) is 13.5. The van der Waals surface area contributed by atoms with Crippen LogP contribution in [-0.2, 0) is 16.1 Å². The van der Waals surface area contributed by atoms with E-state index in [1.54, 1.807) is 24.5 Å². The van der Waals surface area contributed by atoms with Crippen molar-refractivity contribution in [2.24, 2.45) is 0 Å². The molecule has 7 nitrogen and oxygen atoms in total. The van der Waals surface area contributed by atoms with Gasteiger partial charge in [-0.3, -0.25) is 4.79 Å². The monoisotopic (exact) mass is 387 g/mol. The van der Waals surface area contributed by atoms with Crippen LogP contribution in [-0.4, -0.2) is 47.7 Å². The molecule has 0 radical (unpaired) electrons. The lowest BCUT2D eigenvalue weighted by Crippen LogP contribution is -2.45. The van der Waals surface area contributed by atoms with E-state index in [4.69, 9.17) is 4.74 Å². The van der Waals surface area contributed by atoms with E-state index in [0.717, 1.165) is 5.56 Å². The second-order valence-corrected chi connectivity index (χ2v) is 6.97. The molecular weight excluding hydrogens is 361 g/mol. The van der Waals surface area contributed by atoms with E-state index in [1.807, 2.05) is 24.8 Å². The van der Waals surface area contributed by atoms with Gasteiger partial charge in [0.1, 0.15) is 5.82 Å². The lowest BCUT2D eigenvalue weighted by molar-refractivity contribution is -0.121. The van der Waals surface area contributed by atoms with Crippen LogP contribution >= 0.6 is 0 Å². The van der Waals surface area contributed by atoms with Gasteiger partial charge in [0, 0.05) is 45.0 Å². The minimum atomic E-state index is -0.282. The molecule has 0 saturated carbocycles. The van der Waals surface area contributed by atoms with Crippen molar-refractivity contribution in [3.63, 3.8) is 0 Å². The lowest BCUT2D eigenvalue weighted by Gasteiger charge is -2.37. The Morgan fingerprint density at radius 2 is 1.96 bits per heavy atom. The van der Waals surface area contributed by atoms with Crippen molar-refractivity contribution in [2.45, 2.75) is 39.0 Å². The number of morpholine rings is 1. The molecule has 2 aromatic rings. The number of amides is 1. The van der Waals surface area contributed by atoms with Crippen LogP contribution in [0.2, 0.25) is 0 Å². The molecule has 1 fully saturated rings. The van der Waals surface area contributed by atoms with E-state index < -0.39 is 0 Å². The van der Waals surface area contributed by atoms with Gasteiger partial charge in [-0.15, -0.1) is 0 Å². The fourth-order valence-corrected chi connectivity index (χ4v) is 3.26. The van der Waals surface area contributed by atoms with Crippen LogP contribution in [0, 0.1) is 5.82 Å². The number of hydrogen-bond acceptors (Lipinski definition) is 6. The summed E-state index contributed by atoms with van der Waals surface area (Å²) in [5, 5.41) is 5.78. The molecule has 2 heterocycles. The van der Waals surface area contributed by atoms with E-state index >= 15 is 0 Å². The van der Waals surface area contributed by atoms with Crippen molar-refractivity contribution in [3.8, 4) is 0 Å². The van der Waals surface area contributed by atoms with Gasteiger partial charge in [-0.2, -0.15) is 0 Å². The summed E-state index contributed by atoms with van der Waals surface area (Å²) in [4.78, 5) is 22.0.